The molecule has 0 bridgehead atoms. The number of nitrogens with one attached hydrogen (secondary N) is 2. The van der Waals surface area contributed by atoms with Crippen molar-refractivity contribution in [2.24, 2.45) is 17.6 Å². The summed E-state index contributed by atoms with van der Waals surface area (Å²) >= 11 is 0. The highest BCUT2D eigenvalue weighted by atomic mass is 35.5. The first-order valence-corrected chi connectivity index (χ1v) is 5.20. The van der Waals surface area contributed by atoms with Gasteiger partial charge in [0.1, 0.15) is 0 Å². The number of hydrogen-bond acceptors (Lipinski definition) is 3. The van der Waals surface area contributed by atoms with Crippen LogP contribution in [0.3, 0.4) is 0 Å². The van der Waals surface area contributed by atoms with Gasteiger partial charge in [-0.3, -0.25) is 9.59 Å². The van der Waals surface area contributed by atoms with Gasteiger partial charge in [-0.15, -0.1) is 12.4 Å². The maximum absolute atomic E-state index is 11.2. The molecule has 0 aromatic carbocycles. The number of amides is 2. The zero-order chi connectivity index (χ0) is 11.8. The average Bonchev–Trinajstić information content (AvgIpc) is 2.21. The molecule has 0 rings (SSSR count). The summed E-state index contributed by atoms with van der Waals surface area (Å²) in [5.41, 5.74) is 5.08. The van der Waals surface area contributed by atoms with Gasteiger partial charge < -0.3 is 16.4 Å². The molecule has 5 nitrogen and oxygen atoms in total. The van der Waals surface area contributed by atoms with Gasteiger partial charge in [-0.2, -0.15) is 0 Å². The second-order valence-corrected chi connectivity index (χ2v) is 4.01. The number of carbonyl (C=O) groups excluding carboxylic acids is 2. The Morgan fingerprint density at radius 1 is 1.12 bits per heavy atom. The van der Waals surface area contributed by atoms with Crippen molar-refractivity contribution in [1.29, 1.82) is 0 Å². The van der Waals surface area contributed by atoms with E-state index in [0.717, 1.165) is 0 Å². The number of halogens is 1. The summed E-state index contributed by atoms with van der Waals surface area (Å²) in [6, 6.07) is 0. The third-order valence-corrected chi connectivity index (χ3v) is 2.39. The Labute approximate surface area is 103 Å². The Hall–Kier alpha value is -0.810. The van der Waals surface area contributed by atoms with Crippen molar-refractivity contribution in [2.75, 3.05) is 19.6 Å². The molecule has 0 heterocycles. The molecule has 0 aliphatic heterocycles. The minimum absolute atomic E-state index is 0. The lowest BCUT2D eigenvalue weighted by Crippen LogP contribution is -2.41. The van der Waals surface area contributed by atoms with E-state index in [-0.39, 0.29) is 37.3 Å². The number of nitrogens with two attached hydrogens (primary N) is 1. The quantitative estimate of drug-likeness (QED) is 0.616. The van der Waals surface area contributed by atoms with Gasteiger partial charge in [0.15, 0.2) is 0 Å². The molecule has 0 saturated carbocycles. The highest BCUT2D eigenvalue weighted by molar-refractivity contribution is 5.85. The summed E-state index contributed by atoms with van der Waals surface area (Å²) in [5.74, 6) is 0.467. The van der Waals surface area contributed by atoms with Crippen molar-refractivity contribution in [1.82, 2.24) is 10.6 Å². The number of hydrogen-bond donors (Lipinski definition) is 3. The minimum Gasteiger partial charge on any atom is -0.354 e. The van der Waals surface area contributed by atoms with E-state index in [1.54, 1.807) is 0 Å². The van der Waals surface area contributed by atoms with Crippen LogP contribution in [-0.2, 0) is 9.59 Å². The summed E-state index contributed by atoms with van der Waals surface area (Å²) < 4.78 is 0. The van der Waals surface area contributed by atoms with E-state index < -0.39 is 0 Å². The monoisotopic (exact) mass is 251 g/mol. The Morgan fingerprint density at radius 3 is 2.12 bits per heavy atom. The molecule has 0 aromatic rings. The average molecular weight is 252 g/mol. The van der Waals surface area contributed by atoms with Crippen LogP contribution in [0.25, 0.3) is 0 Å². The van der Waals surface area contributed by atoms with Crippen LogP contribution in [-0.4, -0.2) is 31.4 Å². The Morgan fingerprint density at radius 2 is 1.69 bits per heavy atom. The minimum atomic E-state index is -0.318. The maximum Gasteiger partial charge on any atom is 0.239 e. The first-order valence-electron chi connectivity index (χ1n) is 5.20. The van der Waals surface area contributed by atoms with Crippen LogP contribution >= 0.6 is 12.4 Å². The van der Waals surface area contributed by atoms with Gasteiger partial charge in [-0.05, 0) is 11.8 Å². The number of rotatable bonds is 6. The summed E-state index contributed by atoms with van der Waals surface area (Å²) in [4.78, 5) is 22.0. The summed E-state index contributed by atoms with van der Waals surface area (Å²) in [6.07, 6.45) is 0. The molecule has 0 saturated heterocycles. The van der Waals surface area contributed by atoms with E-state index in [1.807, 2.05) is 0 Å². The van der Waals surface area contributed by atoms with E-state index in [0.29, 0.717) is 18.4 Å². The third kappa shape index (κ3) is 8.49. The predicted octanol–water partition coefficient (Wildman–Crippen LogP) is -0.109. The molecule has 0 spiro atoms. The topological polar surface area (TPSA) is 84.2 Å². The second-order valence-electron chi connectivity index (χ2n) is 4.01. The van der Waals surface area contributed by atoms with Gasteiger partial charge in [-0.25, -0.2) is 0 Å². The molecule has 0 radical (unpaired) electrons. The van der Waals surface area contributed by atoms with Gasteiger partial charge in [0.2, 0.25) is 11.8 Å². The summed E-state index contributed by atoms with van der Waals surface area (Å²) in [5, 5.41) is 5.16. The molecule has 0 aliphatic carbocycles. The summed E-state index contributed by atoms with van der Waals surface area (Å²) in [7, 11) is 0. The molecular formula is C10H22ClN3O2. The Bertz CT molecular complexity index is 222. The second kappa shape index (κ2) is 9.42. The largest absolute Gasteiger partial charge is 0.354 e. The normalized spacial score (nSPS) is 11.6. The lowest BCUT2D eigenvalue weighted by atomic mass is 9.98. The highest BCUT2D eigenvalue weighted by Crippen LogP contribution is 2.07. The Kier molecular flexibility index (Phi) is 10.3. The van der Waals surface area contributed by atoms with Gasteiger partial charge in [0.25, 0.3) is 0 Å². The standard InChI is InChI=1S/C10H21N3O2.ClH/c1-7(2)8(3)5-12-10(15)6-13-9(14)4-11;/h7-8H,4-6,11H2,1-3H3,(H,12,15)(H,13,14);1H. The van der Waals surface area contributed by atoms with Gasteiger partial charge in [0.05, 0.1) is 13.1 Å². The van der Waals surface area contributed by atoms with Crippen LogP contribution in [0.4, 0.5) is 0 Å². The molecule has 0 aromatic heterocycles. The number of carbonyl (C=O) groups is 2. The predicted molar refractivity (Wildman–Crippen MR) is 66.3 cm³/mol. The van der Waals surface area contributed by atoms with Crippen molar-refractivity contribution >= 4 is 24.2 Å². The van der Waals surface area contributed by atoms with E-state index >= 15 is 0 Å². The van der Waals surface area contributed by atoms with Crippen molar-refractivity contribution in [3.8, 4) is 0 Å². The lowest BCUT2D eigenvalue weighted by Gasteiger charge is -2.16. The molecule has 0 fully saturated rings. The van der Waals surface area contributed by atoms with Crippen LogP contribution in [0.15, 0.2) is 0 Å². The van der Waals surface area contributed by atoms with Crippen molar-refractivity contribution in [3.05, 3.63) is 0 Å². The van der Waals surface area contributed by atoms with Crippen molar-refractivity contribution < 1.29 is 9.59 Å². The van der Waals surface area contributed by atoms with E-state index in [1.165, 1.54) is 0 Å². The van der Waals surface area contributed by atoms with Gasteiger partial charge in [0, 0.05) is 6.54 Å². The Balaban J connectivity index is 0. The van der Waals surface area contributed by atoms with Gasteiger partial charge in [-0.1, -0.05) is 20.8 Å². The molecular weight excluding hydrogens is 230 g/mol. The molecule has 4 N–H and O–H groups in total. The maximum atomic E-state index is 11.2. The molecule has 16 heavy (non-hydrogen) atoms. The first-order chi connectivity index (χ1) is 6.97. The van der Waals surface area contributed by atoms with Crippen LogP contribution in [0.1, 0.15) is 20.8 Å². The van der Waals surface area contributed by atoms with Crippen LogP contribution < -0.4 is 16.4 Å². The fourth-order valence-electron chi connectivity index (χ4n) is 0.824. The first kappa shape index (κ1) is 17.6. The smallest absolute Gasteiger partial charge is 0.239 e. The lowest BCUT2D eigenvalue weighted by molar-refractivity contribution is -0.125. The zero-order valence-corrected chi connectivity index (χ0v) is 10.9. The van der Waals surface area contributed by atoms with Crippen LogP contribution in [0.5, 0.6) is 0 Å². The van der Waals surface area contributed by atoms with Crippen molar-refractivity contribution in [3.63, 3.8) is 0 Å². The zero-order valence-electron chi connectivity index (χ0n) is 10.1. The van der Waals surface area contributed by atoms with E-state index in [2.05, 4.69) is 31.4 Å². The summed E-state index contributed by atoms with van der Waals surface area (Å²) in [6.45, 7) is 6.83. The third-order valence-electron chi connectivity index (χ3n) is 2.39. The molecule has 6 heteroatoms. The SMILES string of the molecule is CC(C)C(C)CNC(=O)CNC(=O)CN.Cl. The van der Waals surface area contributed by atoms with Gasteiger partial charge >= 0.3 is 0 Å². The van der Waals surface area contributed by atoms with E-state index in [4.69, 9.17) is 5.73 Å². The van der Waals surface area contributed by atoms with Crippen molar-refractivity contribution in [2.45, 2.75) is 20.8 Å². The molecule has 1 atom stereocenters. The molecule has 2 amide bonds. The van der Waals surface area contributed by atoms with Crippen LogP contribution in [0, 0.1) is 11.8 Å². The fourth-order valence-corrected chi connectivity index (χ4v) is 0.824. The highest BCUT2D eigenvalue weighted by Gasteiger charge is 2.09. The molecule has 0 aliphatic rings. The van der Waals surface area contributed by atoms with E-state index in [9.17, 15) is 9.59 Å². The van der Waals surface area contributed by atoms with Crippen LogP contribution in [0.2, 0.25) is 0 Å². The fraction of sp³-hybridized carbons (Fsp3) is 0.800. The molecule has 96 valence electrons. The molecule has 1 unspecified atom stereocenters.